The molecule has 1 aliphatic heterocycles. The Bertz CT molecular complexity index is 613. The number of anilines is 1. The third-order valence-corrected chi connectivity index (χ3v) is 3.89. The highest BCUT2D eigenvalue weighted by Gasteiger charge is 2.19. The summed E-state index contributed by atoms with van der Waals surface area (Å²) in [5.41, 5.74) is 1.16. The van der Waals surface area contributed by atoms with Gasteiger partial charge in [0.25, 0.3) is 5.91 Å². The minimum Gasteiger partial charge on any atom is -0.352 e. The van der Waals surface area contributed by atoms with Crippen LogP contribution >= 0.6 is 0 Å². The molecule has 1 saturated heterocycles. The van der Waals surface area contributed by atoms with E-state index in [4.69, 9.17) is 0 Å². The zero-order valence-electron chi connectivity index (χ0n) is 14.8. The van der Waals surface area contributed by atoms with Crippen LogP contribution < -0.4 is 16.0 Å². The molecule has 3 N–H and O–H groups in total. The van der Waals surface area contributed by atoms with Gasteiger partial charge in [-0.25, -0.2) is 4.79 Å². The maximum Gasteiger partial charge on any atom is 0.319 e. The van der Waals surface area contributed by atoms with E-state index in [1.165, 1.54) is 0 Å². The largest absolute Gasteiger partial charge is 0.352 e. The molecule has 1 aromatic carbocycles. The maximum atomic E-state index is 12.1. The highest BCUT2D eigenvalue weighted by molar-refractivity contribution is 5.95. The number of amides is 4. The number of hydrogen-bond donors (Lipinski definition) is 3. The summed E-state index contributed by atoms with van der Waals surface area (Å²) in [4.78, 5) is 37.0. The molecule has 4 amide bonds. The molecule has 7 nitrogen and oxygen atoms in total. The van der Waals surface area contributed by atoms with E-state index in [2.05, 4.69) is 16.0 Å². The molecular weight excluding hydrogens is 320 g/mol. The topological polar surface area (TPSA) is 90.5 Å². The first-order chi connectivity index (χ1) is 12.0. The molecule has 1 aromatic rings. The number of rotatable bonds is 7. The number of likely N-dealkylation sites (tertiary alicyclic amines) is 1. The molecule has 0 bridgehead atoms. The van der Waals surface area contributed by atoms with Crippen molar-refractivity contribution in [3.63, 3.8) is 0 Å². The zero-order valence-corrected chi connectivity index (χ0v) is 14.8. The van der Waals surface area contributed by atoms with Crippen molar-refractivity contribution >= 4 is 23.5 Å². The molecule has 7 heteroatoms. The Hall–Kier alpha value is -2.57. The molecule has 1 fully saturated rings. The Morgan fingerprint density at radius 1 is 1.20 bits per heavy atom. The van der Waals surface area contributed by atoms with Crippen molar-refractivity contribution in [2.75, 3.05) is 25.0 Å². The summed E-state index contributed by atoms with van der Waals surface area (Å²) < 4.78 is 0. The van der Waals surface area contributed by atoms with Gasteiger partial charge in [-0.1, -0.05) is 0 Å². The molecular formula is C18H26N4O3. The second-order valence-corrected chi connectivity index (χ2v) is 6.42. The molecule has 0 atom stereocenters. The van der Waals surface area contributed by atoms with Gasteiger partial charge in [-0.3, -0.25) is 9.59 Å². The van der Waals surface area contributed by atoms with Crippen molar-refractivity contribution in [2.24, 2.45) is 0 Å². The van der Waals surface area contributed by atoms with Crippen molar-refractivity contribution < 1.29 is 14.4 Å². The first-order valence-electron chi connectivity index (χ1n) is 8.69. The number of nitrogens with zero attached hydrogens (tertiary/aromatic N) is 1. The fraction of sp³-hybridized carbons (Fsp3) is 0.500. The molecule has 0 radical (unpaired) electrons. The lowest BCUT2D eigenvalue weighted by Gasteiger charge is -2.15. The van der Waals surface area contributed by atoms with Gasteiger partial charge in [0.05, 0.1) is 0 Å². The van der Waals surface area contributed by atoms with Gasteiger partial charge in [0.15, 0.2) is 0 Å². The predicted octanol–water partition coefficient (Wildman–Crippen LogP) is 1.96. The Morgan fingerprint density at radius 2 is 1.92 bits per heavy atom. The zero-order chi connectivity index (χ0) is 18.2. The lowest BCUT2D eigenvalue weighted by atomic mass is 10.2. The molecule has 0 aromatic heterocycles. The smallest absolute Gasteiger partial charge is 0.319 e. The second-order valence-electron chi connectivity index (χ2n) is 6.42. The second kappa shape index (κ2) is 9.05. The summed E-state index contributed by atoms with van der Waals surface area (Å²) in [5, 5.41) is 8.29. The Balaban J connectivity index is 1.72. The number of nitrogens with one attached hydrogen (secondary N) is 3. The summed E-state index contributed by atoms with van der Waals surface area (Å²) in [6.45, 7) is 5.80. The summed E-state index contributed by atoms with van der Waals surface area (Å²) in [5.74, 6) is 0.0434. The van der Waals surface area contributed by atoms with Gasteiger partial charge < -0.3 is 20.9 Å². The fourth-order valence-corrected chi connectivity index (χ4v) is 2.65. The van der Waals surface area contributed by atoms with Crippen LogP contribution in [0.3, 0.4) is 0 Å². The van der Waals surface area contributed by atoms with Crippen molar-refractivity contribution in [3.8, 4) is 0 Å². The van der Waals surface area contributed by atoms with E-state index < -0.39 is 0 Å². The normalized spacial score (nSPS) is 13.9. The molecule has 1 heterocycles. The molecule has 1 aliphatic rings. The maximum absolute atomic E-state index is 12.1. The van der Waals surface area contributed by atoms with Gasteiger partial charge in [0.2, 0.25) is 5.91 Å². The monoisotopic (exact) mass is 346 g/mol. The summed E-state index contributed by atoms with van der Waals surface area (Å²) in [7, 11) is 0. The number of benzene rings is 1. The van der Waals surface area contributed by atoms with Gasteiger partial charge in [-0.05, 0) is 51.0 Å². The number of carbonyl (C=O) groups is 3. The van der Waals surface area contributed by atoms with E-state index in [1.54, 1.807) is 24.3 Å². The van der Waals surface area contributed by atoms with Gasteiger partial charge in [-0.15, -0.1) is 0 Å². The van der Waals surface area contributed by atoms with E-state index >= 15 is 0 Å². The standard InChI is InChI=1S/C18H26N4O3/c1-13(2)20-18(25)21-15-8-6-14(7-9-15)17(24)19-10-4-12-22-11-3-5-16(22)23/h6-9,13H,3-5,10-12H2,1-2H3,(H,19,24)(H2,20,21,25). The predicted molar refractivity (Wildman–Crippen MR) is 96.5 cm³/mol. The van der Waals surface area contributed by atoms with Gasteiger partial charge in [0, 0.05) is 43.3 Å². The molecule has 25 heavy (non-hydrogen) atoms. The van der Waals surface area contributed by atoms with E-state index in [-0.39, 0.29) is 23.9 Å². The summed E-state index contributed by atoms with van der Waals surface area (Å²) in [6.07, 6.45) is 2.31. The first kappa shape index (κ1) is 18.8. The van der Waals surface area contributed by atoms with Crippen LogP contribution in [0.25, 0.3) is 0 Å². The molecule has 2 rings (SSSR count). The number of urea groups is 1. The highest BCUT2D eigenvalue weighted by Crippen LogP contribution is 2.10. The lowest BCUT2D eigenvalue weighted by molar-refractivity contribution is -0.127. The third kappa shape index (κ3) is 6.10. The average molecular weight is 346 g/mol. The van der Waals surface area contributed by atoms with E-state index in [1.807, 2.05) is 18.7 Å². The average Bonchev–Trinajstić information content (AvgIpc) is 2.96. The number of carbonyl (C=O) groups excluding carboxylic acids is 3. The molecule has 0 aliphatic carbocycles. The van der Waals surface area contributed by atoms with Crippen LogP contribution in [0.4, 0.5) is 10.5 Å². The minimum absolute atomic E-state index is 0.0564. The van der Waals surface area contributed by atoms with Crippen LogP contribution in [-0.2, 0) is 4.79 Å². The number of hydrogen-bond acceptors (Lipinski definition) is 3. The Labute approximate surface area is 148 Å². The lowest BCUT2D eigenvalue weighted by Crippen LogP contribution is -2.34. The third-order valence-electron chi connectivity index (χ3n) is 3.89. The highest BCUT2D eigenvalue weighted by atomic mass is 16.2. The SMILES string of the molecule is CC(C)NC(=O)Nc1ccc(C(=O)NCCCN2CCCC2=O)cc1. The van der Waals surface area contributed by atoms with Crippen molar-refractivity contribution in [1.29, 1.82) is 0 Å². The molecule has 0 saturated carbocycles. The van der Waals surface area contributed by atoms with Crippen LogP contribution in [0.5, 0.6) is 0 Å². The van der Waals surface area contributed by atoms with Gasteiger partial charge in [-0.2, -0.15) is 0 Å². The van der Waals surface area contributed by atoms with Crippen molar-refractivity contribution in [2.45, 2.75) is 39.2 Å². The van der Waals surface area contributed by atoms with Crippen molar-refractivity contribution in [3.05, 3.63) is 29.8 Å². The van der Waals surface area contributed by atoms with Crippen LogP contribution in [0.1, 0.15) is 43.5 Å². The Kier molecular flexibility index (Phi) is 6.80. The fourth-order valence-electron chi connectivity index (χ4n) is 2.65. The molecule has 136 valence electrons. The summed E-state index contributed by atoms with van der Waals surface area (Å²) >= 11 is 0. The first-order valence-corrected chi connectivity index (χ1v) is 8.69. The van der Waals surface area contributed by atoms with E-state index in [0.717, 1.165) is 19.4 Å². The summed E-state index contributed by atoms with van der Waals surface area (Å²) in [6, 6.07) is 6.51. The minimum atomic E-state index is -0.274. The molecule has 0 unspecified atom stereocenters. The van der Waals surface area contributed by atoms with Crippen LogP contribution in [-0.4, -0.2) is 48.4 Å². The van der Waals surface area contributed by atoms with E-state index in [9.17, 15) is 14.4 Å². The van der Waals surface area contributed by atoms with Gasteiger partial charge in [0.1, 0.15) is 0 Å². The van der Waals surface area contributed by atoms with E-state index in [0.29, 0.717) is 30.8 Å². The van der Waals surface area contributed by atoms with Gasteiger partial charge >= 0.3 is 6.03 Å². The van der Waals surface area contributed by atoms with Crippen LogP contribution in [0, 0.1) is 0 Å². The quantitative estimate of drug-likeness (QED) is 0.659. The molecule has 0 spiro atoms. The van der Waals surface area contributed by atoms with Crippen LogP contribution in [0.2, 0.25) is 0 Å². The van der Waals surface area contributed by atoms with Crippen LogP contribution in [0.15, 0.2) is 24.3 Å². The van der Waals surface area contributed by atoms with Crippen molar-refractivity contribution in [1.82, 2.24) is 15.5 Å². The Morgan fingerprint density at radius 3 is 2.52 bits per heavy atom.